The van der Waals surface area contributed by atoms with Crippen LogP contribution in [0.2, 0.25) is 0 Å². The van der Waals surface area contributed by atoms with E-state index in [1.54, 1.807) is 0 Å². The van der Waals surface area contributed by atoms with Gasteiger partial charge in [-0.15, -0.1) is 0 Å². The van der Waals surface area contributed by atoms with Gasteiger partial charge in [0.05, 0.1) is 12.1 Å². The molecule has 1 heterocycles. The second-order valence-corrected chi connectivity index (χ2v) is 3.45. The fourth-order valence-electron chi connectivity index (χ4n) is 1.26. The summed E-state index contributed by atoms with van der Waals surface area (Å²) >= 11 is 0. The molecule has 1 fully saturated rings. The third kappa shape index (κ3) is 2.09. The zero-order valence-corrected chi connectivity index (χ0v) is 7.43. The molecule has 0 unspecified atom stereocenters. The fraction of sp³-hybridized carbons (Fsp3) is 0.857. The van der Waals surface area contributed by atoms with Gasteiger partial charge in [-0.2, -0.15) is 5.90 Å². The van der Waals surface area contributed by atoms with E-state index in [0.717, 1.165) is 0 Å². The lowest BCUT2D eigenvalue weighted by Crippen LogP contribution is -2.55. The molecule has 6 nitrogen and oxygen atoms in total. The first-order chi connectivity index (χ1) is 5.97. The molecule has 1 aliphatic heterocycles. The van der Waals surface area contributed by atoms with E-state index in [1.165, 1.54) is 11.8 Å². The summed E-state index contributed by atoms with van der Waals surface area (Å²) in [6.07, 6.45) is -1.33. The summed E-state index contributed by atoms with van der Waals surface area (Å²) in [6, 6.07) is 0. The van der Waals surface area contributed by atoms with Crippen LogP contribution in [0.25, 0.3) is 0 Å². The molecule has 1 rings (SSSR count). The molecule has 0 aromatic heterocycles. The van der Waals surface area contributed by atoms with E-state index in [-0.39, 0.29) is 6.54 Å². The molecule has 6 heteroatoms. The molecule has 76 valence electrons. The van der Waals surface area contributed by atoms with Gasteiger partial charge >= 0.3 is 6.09 Å². The minimum Gasteiger partial charge on any atom is -0.388 e. The van der Waals surface area contributed by atoms with Crippen LogP contribution in [0.5, 0.6) is 0 Å². The van der Waals surface area contributed by atoms with Gasteiger partial charge in [-0.1, -0.05) is 0 Å². The van der Waals surface area contributed by atoms with Crippen molar-refractivity contribution in [2.45, 2.75) is 25.0 Å². The van der Waals surface area contributed by atoms with E-state index < -0.39 is 17.8 Å². The van der Waals surface area contributed by atoms with E-state index in [0.29, 0.717) is 13.0 Å². The standard InChI is InChI=1S/C7H14N2O4/c1-7(12)2-3-9(4-5(7)10)6(11)13-8/h5,10,12H,2-4,8H2,1H3/t5-,7+/m0/s1. The summed E-state index contributed by atoms with van der Waals surface area (Å²) in [7, 11) is 0. The Bertz CT molecular complexity index is 207. The second kappa shape index (κ2) is 3.49. The number of aliphatic hydroxyl groups excluding tert-OH is 1. The molecule has 0 spiro atoms. The number of β-amino-alcohol motifs (C(OH)–C–C–N with tert-alkyl or cyclic N) is 1. The van der Waals surface area contributed by atoms with Crippen LogP contribution in [0, 0.1) is 0 Å². The van der Waals surface area contributed by atoms with Crippen LogP contribution in [0.1, 0.15) is 13.3 Å². The number of rotatable bonds is 0. The lowest BCUT2D eigenvalue weighted by atomic mass is 9.91. The highest BCUT2D eigenvalue weighted by Gasteiger charge is 2.38. The highest BCUT2D eigenvalue weighted by molar-refractivity contribution is 5.67. The smallest absolute Gasteiger partial charge is 0.388 e. The van der Waals surface area contributed by atoms with Crippen LogP contribution in [0.4, 0.5) is 4.79 Å². The van der Waals surface area contributed by atoms with Crippen molar-refractivity contribution >= 4 is 6.09 Å². The number of likely N-dealkylation sites (tertiary alicyclic amines) is 1. The molecule has 1 aliphatic rings. The highest BCUT2D eigenvalue weighted by Crippen LogP contribution is 2.21. The maximum absolute atomic E-state index is 10.9. The van der Waals surface area contributed by atoms with Crippen LogP contribution < -0.4 is 5.90 Å². The summed E-state index contributed by atoms with van der Waals surface area (Å²) < 4.78 is 0. The molecule has 13 heavy (non-hydrogen) atoms. The SMILES string of the molecule is C[C@@]1(O)CCN(C(=O)ON)C[C@@H]1O. The highest BCUT2D eigenvalue weighted by atomic mass is 16.7. The molecular formula is C7H14N2O4. The van der Waals surface area contributed by atoms with Crippen molar-refractivity contribution in [1.29, 1.82) is 0 Å². The Hall–Kier alpha value is -0.850. The number of piperidine rings is 1. The number of hydrogen-bond acceptors (Lipinski definition) is 5. The second-order valence-electron chi connectivity index (χ2n) is 3.45. The Morgan fingerprint density at radius 1 is 1.77 bits per heavy atom. The Kier molecular flexibility index (Phi) is 2.74. The average molecular weight is 190 g/mol. The number of hydrogen-bond donors (Lipinski definition) is 3. The maximum Gasteiger partial charge on any atom is 0.428 e. The average Bonchev–Trinajstić information content (AvgIpc) is 2.08. The zero-order chi connectivity index (χ0) is 10.1. The topological polar surface area (TPSA) is 96.0 Å². The van der Waals surface area contributed by atoms with E-state index in [4.69, 9.17) is 0 Å². The summed E-state index contributed by atoms with van der Waals surface area (Å²) in [5.74, 6) is 4.68. The third-order valence-electron chi connectivity index (χ3n) is 2.36. The lowest BCUT2D eigenvalue weighted by Gasteiger charge is -2.38. The maximum atomic E-state index is 10.9. The molecule has 0 aliphatic carbocycles. The number of carbonyl (C=O) groups is 1. The predicted molar refractivity (Wildman–Crippen MR) is 43.5 cm³/mol. The van der Waals surface area contributed by atoms with E-state index >= 15 is 0 Å². The molecule has 0 aromatic carbocycles. The van der Waals surface area contributed by atoms with Gasteiger partial charge < -0.3 is 20.0 Å². The molecule has 2 atom stereocenters. The quantitative estimate of drug-likeness (QED) is 0.417. The number of nitrogens with zero attached hydrogens (tertiary/aromatic N) is 1. The van der Waals surface area contributed by atoms with Gasteiger partial charge in [0.2, 0.25) is 0 Å². The van der Waals surface area contributed by atoms with Gasteiger partial charge in [-0.05, 0) is 13.3 Å². The summed E-state index contributed by atoms with van der Waals surface area (Å²) in [5, 5.41) is 19.0. The van der Waals surface area contributed by atoms with Crippen molar-refractivity contribution in [3.63, 3.8) is 0 Å². The number of nitrogens with two attached hydrogens (primary N) is 1. The summed E-state index contributed by atoms with van der Waals surface area (Å²) in [4.78, 5) is 16.2. The predicted octanol–water partition coefficient (Wildman–Crippen LogP) is -1.19. The molecule has 1 amide bonds. The van der Waals surface area contributed by atoms with Crippen LogP contribution in [-0.2, 0) is 4.84 Å². The molecule has 1 saturated heterocycles. The van der Waals surface area contributed by atoms with Crippen molar-refractivity contribution in [2.75, 3.05) is 13.1 Å². The molecule has 0 saturated carbocycles. The Morgan fingerprint density at radius 3 is 2.85 bits per heavy atom. The van der Waals surface area contributed by atoms with E-state index in [9.17, 15) is 15.0 Å². The summed E-state index contributed by atoms with van der Waals surface area (Å²) in [5.41, 5.74) is -1.13. The largest absolute Gasteiger partial charge is 0.428 e. The van der Waals surface area contributed by atoms with Gasteiger partial charge in [0.15, 0.2) is 0 Å². The number of aliphatic hydroxyl groups is 2. The lowest BCUT2D eigenvalue weighted by molar-refractivity contribution is -0.103. The summed E-state index contributed by atoms with van der Waals surface area (Å²) in [6.45, 7) is 1.91. The third-order valence-corrected chi connectivity index (χ3v) is 2.36. The number of amides is 1. The van der Waals surface area contributed by atoms with Crippen molar-refractivity contribution in [1.82, 2.24) is 4.90 Å². The van der Waals surface area contributed by atoms with Crippen molar-refractivity contribution in [3.8, 4) is 0 Å². The molecule has 0 aromatic rings. The van der Waals surface area contributed by atoms with Gasteiger partial charge in [0.1, 0.15) is 6.10 Å². The van der Waals surface area contributed by atoms with Gasteiger partial charge in [0, 0.05) is 6.54 Å². The monoisotopic (exact) mass is 190 g/mol. The van der Waals surface area contributed by atoms with E-state index in [2.05, 4.69) is 10.7 Å². The molecule has 0 bridgehead atoms. The molecule has 0 radical (unpaired) electrons. The van der Waals surface area contributed by atoms with Crippen LogP contribution in [-0.4, -0.2) is 46.0 Å². The Morgan fingerprint density at radius 2 is 2.38 bits per heavy atom. The Balaban J connectivity index is 2.56. The first kappa shape index (κ1) is 10.2. The van der Waals surface area contributed by atoms with Crippen molar-refractivity contribution < 1.29 is 19.8 Å². The fourth-order valence-corrected chi connectivity index (χ4v) is 1.26. The van der Waals surface area contributed by atoms with E-state index in [1.807, 2.05) is 0 Å². The minimum atomic E-state index is -1.13. The molecular weight excluding hydrogens is 176 g/mol. The van der Waals surface area contributed by atoms with Crippen LogP contribution in [0.3, 0.4) is 0 Å². The van der Waals surface area contributed by atoms with Gasteiger partial charge in [-0.25, -0.2) is 4.79 Å². The minimum absolute atomic E-state index is 0.0447. The number of carbonyl (C=O) groups excluding carboxylic acids is 1. The van der Waals surface area contributed by atoms with Crippen LogP contribution >= 0.6 is 0 Å². The van der Waals surface area contributed by atoms with Gasteiger partial charge in [0.25, 0.3) is 0 Å². The first-order valence-electron chi connectivity index (χ1n) is 4.03. The van der Waals surface area contributed by atoms with Crippen molar-refractivity contribution in [3.05, 3.63) is 0 Å². The normalized spacial score (nSPS) is 34.5. The van der Waals surface area contributed by atoms with Crippen molar-refractivity contribution in [2.24, 2.45) is 5.90 Å². The Labute approximate surface area is 75.8 Å². The zero-order valence-electron chi connectivity index (χ0n) is 7.43. The first-order valence-corrected chi connectivity index (χ1v) is 4.03. The molecule has 4 N–H and O–H groups in total. The van der Waals surface area contributed by atoms with Gasteiger partial charge in [-0.3, -0.25) is 0 Å². The van der Waals surface area contributed by atoms with Crippen LogP contribution in [0.15, 0.2) is 0 Å².